The highest BCUT2D eigenvalue weighted by Gasteiger charge is 2.27. The Morgan fingerprint density at radius 2 is 1.61 bits per heavy atom. The van der Waals surface area contributed by atoms with Crippen molar-refractivity contribution in [3.63, 3.8) is 0 Å². The van der Waals surface area contributed by atoms with Gasteiger partial charge in [-0.15, -0.1) is 0 Å². The fourth-order valence-electron chi connectivity index (χ4n) is 1.99. The van der Waals surface area contributed by atoms with Crippen LogP contribution in [0.1, 0.15) is 27.2 Å². The third-order valence-electron chi connectivity index (χ3n) is 3.37. The van der Waals surface area contributed by atoms with Crippen molar-refractivity contribution in [2.24, 2.45) is 5.41 Å². The molecule has 0 atom stereocenters. The Balaban J connectivity index is 4.33. The fraction of sp³-hybridized carbons (Fsp3) is 1.00. The van der Waals surface area contributed by atoms with Gasteiger partial charge in [0.15, 0.2) is 0 Å². The van der Waals surface area contributed by atoms with Gasteiger partial charge in [-0.2, -0.15) is 13.2 Å². The first kappa shape index (κ1) is 23.0. The minimum atomic E-state index is -4.24. The van der Waals surface area contributed by atoms with Crippen LogP contribution >= 0.6 is 10.0 Å². The number of nitrogens with zero attached hydrogens (tertiary/aromatic N) is 1. The fourth-order valence-corrected chi connectivity index (χ4v) is 3.93. The smallest absolute Gasteiger partial charge is 0.383 e. The average molecular weight is 362 g/mol. The molecule has 0 aromatic heterocycles. The first-order valence-corrected chi connectivity index (χ1v) is 10.7. The molecule has 3 nitrogen and oxygen atoms in total. The van der Waals surface area contributed by atoms with Gasteiger partial charge in [-0.3, -0.25) is 4.90 Å². The Morgan fingerprint density at radius 1 is 1.00 bits per heavy atom. The second-order valence-electron chi connectivity index (χ2n) is 7.69. The molecule has 0 aromatic carbocycles. The van der Waals surface area contributed by atoms with Crippen molar-refractivity contribution >= 4 is 10.0 Å². The number of hydrogen-bond donors (Lipinski definition) is 0. The van der Waals surface area contributed by atoms with E-state index in [2.05, 4.69) is 38.2 Å². The molecular formula is C16H34F3NO2S. The van der Waals surface area contributed by atoms with Crippen LogP contribution < -0.4 is 0 Å². The van der Waals surface area contributed by atoms with E-state index in [1.165, 1.54) is 0 Å². The van der Waals surface area contributed by atoms with E-state index in [0.29, 0.717) is 12.4 Å². The van der Waals surface area contributed by atoms with Gasteiger partial charge in [0.1, 0.15) is 6.61 Å². The second kappa shape index (κ2) is 10.1. The lowest BCUT2D eigenvalue weighted by atomic mass is 9.92. The Labute approximate surface area is 141 Å². The molecule has 23 heavy (non-hydrogen) atoms. The molecule has 0 aliphatic heterocycles. The summed E-state index contributed by atoms with van der Waals surface area (Å²) in [5.41, 5.74) is 0.265. The van der Waals surface area contributed by atoms with Crippen LogP contribution in [0, 0.1) is 5.41 Å². The van der Waals surface area contributed by atoms with E-state index in [0.717, 1.165) is 25.4 Å². The highest BCUT2D eigenvalue weighted by atomic mass is 32.3. The molecule has 0 N–H and O–H groups in total. The van der Waals surface area contributed by atoms with Gasteiger partial charge in [0.2, 0.25) is 0 Å². The lowest BCUT2D eigenvalue weighted by molar-refractivity contribution is -0.172. The molecular weight excluding hydrogens is 327 g/mol. The van der Waals surface area contributed by atoms with Crippen LogP contribution in [0.25, 0.3) is 0 Å². The van der Waals surface area contributed by atoms with Crippen molar-refractivity contribution in [2.45, 2.75) is 33.4 Å². The zero-order valence-electron chi connectivity index (χ0n) is 15.5. The number of halogens is 3. The average Bonchev–Trinajstić information content (AvgIpc) is 2.36. The van der Waals surface area contributed by atoms with Crippen LogP contribution in [0.4, 0.5) is 13.2 Å². The molecule has 0 heterocycles. The van der Waals surface area contributed by atoms with Crippen LogP contribution in [-0.2, 0) is 9.47 Å². The summed E-state index contributed by atoms with van der Waals surface area (Å²) < 4.78 is 46.2. The topological polar surface area (TPSA) is 21.7 Å². The van der Waals surface area contributed by atoms with Gasteiger partial charge in [0, 0.05) is 25.3 Å². The van der Waals surface area contributed by atoms with E-state index in [1.54, 1.807) is 7.11 Å². The number of rotatable bonds is 11. The van der Waals surface area contributed by atoms with E-state index < -0.39 is 22.8 Å². The van der Waals surface area contributed by atoms with E-state index in [4.69, 9.17) is 9.47 Å². The summed E-state index contributed by atoms with van der Waals surface area (Å²) >= 11 is 0. The molecule has 0 bridgehead atoms. The van der Waals surface area contributed by atoms with Crippen molar-refractivity contribution in [3.05, 3.63) is 0 Å². The minimum Gasteiger partial charge on any atom is -0.383 e. The third-order valence-corrected chi connectivity index (χ3v) is 5.70. The minimum absolute atomic E-state index is 0.166. The van der Waals surface area contributed by atoms with Gasteiger partial charge in [-0.25, -0.2) is 10.0 Å². The van der Waals surface area contributed by atoms with Gasteiger partial charge in [-0.1, -0.05) is 20.8 Å². The van der Waals surface area contributed by atoms with Gasteiger partial charge >= 0.3 is 6.18 Å². The van der Waals surface area contributed by atoms with Crippen molar-refractivity contribution in [3.8, 4) is 0 Å². The van der Waals surface area contributed by atoms with Crippen molar-refractivity contribution < 1.29 is 22.6 Å². The summed E-state index contributed by atoms with van der Waals surface area (Å²) in [5.74, 6) is 1.59. The van der Waals surface area contributed by atoms with E-state index >= 15 is 0 Å². The molecule has 0 radical (unpaired) electrons. The van der Waals surface area contributed by atoms with Crippen molar-refractivity contribution in [2.75, 3.05) is 64.2 Å². The first-order chi connectivity index (χ1) is 10.3. The molecule has 0 spiro atoms. The molecule has 0 rings (SSSR count). The van der Waals surface area contributed by atoms with E-state index in [-0.39, 0.29) is 12.0 Å². The van der Waals surface area contributed by atoms with Crippen LogP contribution in [0.3, 0.4) is 0 Å². The van der Waals surface area contributed by atoms with E-state index in [1.807, 2.05) is 0 Å². The number of alkyl halides is 3. The molecule has 0 aliphatic carbocycles. The highest BCUT2D eigenvalue weighted by molar-refractivity contribution is 8.32. The van der Waals surface area contributed by atoms with Crippen LogP contribution in [-0.4, -0.2) is 75.2 Å². The summed E-state index contributed by atoms with van der Waals surface area (Å²) in [4.78, 5) is 2.37. The zero-order chi connectivity index (χ0) is 18.1. The summed E-state index contributed by atoms with van der Waals surface area (Å²) in [6, 6.07) is 0. The Hall–Kier alpha value is 0.0200. The Bertz CT molecular complexity index is 317. The number of ether oxygens (including phenoxy) is 2. The molecule has 0 aliphatic rings. The maximum atomic E-state index is 12.1. The highest BCUT2D eigenvalue weighted by Crippen LogP contribution is 2.40. The summed E-state index contributed by atoms with van der Waals surface area (Å²) in [6.07, 6.45) is 1.15. The normalized spacial score (nSPS) is 14.5. The first-order valence-electron chi connectivity index (χ1n) is 7.89. The van der Waals surface area contributed by atoms with Crippen molar-refractivity contribution in [1.29, 1.82) is 0 Å². The zero-order valence-corrected chi connectivity index (χ0v) is 16.3. The summed E-state index contributed by atoms with van der Waals surface area (Å²) in [5, 5.41) is 0. The molecule has 0 unspecified atom stereocenters. The maximum absolute atomic E-state index is 12.1. The molecule has 0 aromatic rings. The molecule has 0 fully saturated rings. The number of methoxy groups -OCH3 is 1. The second-order valence-corrected chi connectivity index (χ2v) is 11.9. The lowest BCUT2D eigenvalue weighted by Crippen LogP contribution is -2.34. The quantitative estimate of drug-likeness (QED) is 0.520. The third kappa shape index (κ3) is 15.3. The molecule has 7 heteroatoms. The molecule has 142 valence electrons. The predicted octanol–water partition coefficient (Wildman–Crippen LogP) is 3.97. The van der Waals surface area contributed by atoms with Crippen LogP contribution in [0.2, 0.25) is 0 Å². The van der Waals surface area contributed by atoms with Gasteiger partial charge in [-0.05, 0) is 30.9 Å². The van der Waals surface area contributed by atoms with Gasteiger partial charge < -0.3 is 9.47 Å². The largest absolute Gasteiger partial charge is 0.411 e. The SMILES string of the molecule is COCCN(CCC(C)(C)C)CS(C)(C)CCOCC(F)(F)F. The summed E-state index contributed by atoms with van der Waals surface area (Å²) in [7, 11) is 0.667. The Morgan fingerprint density at radius 3 is 2.09 bits per heavy atom. The van der Waals surface area contributed by atoms with Crippen LogP contribution in [0.5, 0.6) is 0 Å². The maximum Gasteiger partial charge on any atom is 0.411 e. The number of hydrogen-bond acceptors (Lipinski definition) is 3. The monoisotopic (exact) mass is 361 g/mol. The summed E-state index contributed by atoms with van der Waals surface area (Å²) in [6.45, 7) is 8.15. The van der Waals surface area contributed by atoms with E-state index in [9.17, 15) is 13.2 Å². The van der Waals surface area contributed by atoms with Gasteiger partial charge in [0.25, 0.3) is 0 Å². The standard InChI is InChI=1S/C16H34F3NO2S/c1-15(2,3)7-8-20(9-10-21-4)14-23(5,6)12-11-22-13-16(17,18)19/h7-14H2,1-6H3. The lowest BCUT2D eigenvalue weighted by Gasteiger charge is -2.38. The Kier molecular flexibility index (Phi) is 10.1. The van der Waals surface area contributed by atoms with Crippen LogP contribution in [0.15, 0.2) is 0 Å². The van der Waals surface area contributed by atoms with Crippen molar-refractivity contribution in [1.82, 2.24) is 4.90 Å². The molecule has 0 saturated carbocycles. The molecule has 0 saturated heterocycles. The predicted molar refractivity (Wildman–Crippen MR) is 93.6 cm³/mol. The van der Waals surface area contributed by atoms with Gasteiger partial charge in [0.05, 0.1) is 13.2 Å². The molecule has 0 amide bonds.